The van der Waals surface area contributed by atoms with E-state index < -0.39 is 11.7 Å². The molecular formula is C16H21F3N2O. The van der Waals surface area contributed by atoms with Gasteiger partial charge in [0.05, 0.1) is 11.6 Å². The Kier molecular flexibility index (Phi) is 4.80. The standard InChI is InChI=1S/C16H21F3N2O/c1-15(2)7-4-8-20-13(15)14(22)21-10-11-5-3-6-12(9-11)16(17,18)19/h3,5-6,9,13,20H,4,7-8,10H2,1-2H3,(H,21,22). The third-order valence-corrected chi connectivity index (χ3v) is 4.11. The number of hydrogen-bond donors (Lipinski definition) is 2. The maximum absolute atomic E-state index is 12.7. The van der Waals surface area contributed by atoms with Gasteiger partial charge in [0, 0.05) is 6.54 Å². The molecule has 6 heteroatoms. The molecule has 0 saturated carbocycles. The fraction of sp³-hybridized carbons (Fsp3) is 0.562. The lowest BCUT2D eigenvalue weighted by atomic mass is 9.77. The van der Waals surface area contributed by atoms with Gasteiger partial charge in [0.15, 0.2) is 0 Å². The Morgan fingerprint density at radius 1 is 1.41 bits per heavy atom. The van der Waals surface area contributed by atoms with Crippen LogP contribution in [0.4, 0.5) is 13.2 Å². The molecule has 1 aliphatic rings. The zero-order chi connectivity index (χ0) is 16.4. The predicted octanol–water partition coefficient (Wildman–Crippen LogP) is 3.10. The number of benzene rings is 1. The SMILES string of the molecule is CC1(C)CCCNC1C(=O)NCc1cccc(C(F)(F)F)c1. The molecule has 0 spiro atoms. The molecule has 1 fully saturated rings. The van der Waals surface area contributed by atoms with E-state index in [0.717, 1.165) is 31.5 Å². The molecule has 1 aliphatic heterocycles. The normalized spacial score (nSPS) is 21.4. The molecule has 2 N–H and O–H groups in total. The van der Waals surface area contributed by atoms with Crippen LogP contribution in [0.15, 0.2) is 24.3 Å². The van der Waals surface area contributed by atoms with E-state index >= 15 is 0 Å². The van der Waals surface area contributed by atoms with Crippen molar-refractivity contribution in [3.8, 4) is 0 Å². The minimum absolute atomic E-state index is 0.0943. The largest absolute Gasteiger partial charge is 0.416 e. The maximum atomic E-state index is 12.7. The lowest BCUT2D eigenvalue weighted by molar-refractivity contribution is -0.137. The molecule has 1 unspecified atom stereocenters. The molecule has 0 bridgehead atoms. The lowest BCUT2D eigenvalue weighted by Crippen LogP contribution is -2.55. The molecule has 0 radical (unpaired) electrons. The average Bonchev–Trinajstić information content (AvgIpc) is 2.44. The van der Waals surface area contributed by atoms with Crippen LogP contribution >= 0.6 is 0 Å². The van der Waals surface area contributed by atoms with E-state index in [4.69, 9.17) is 0 Å². The van der Waals surface area contributed by atoms with Gasteiger partial charge in [-0.1, -0.05) is 26.0 Å². The van der Waals surface area contributed by atoms with Crippen molar-refractivity contribution in [2.45, 2.75) is 45.5 Å². The Morgan fingerprint density at radius 3 is 2.77 bits per heavy atom. The topological polar surface area (TPSA) is 41.1 Å². The Hall–Kier alpha value is -1.56. The van der Waals surface area contributed by atoms with Gasteiger partial charge >= 0.3 is 6.18 Å². The summed E-state index contributed by atoms with van der Waals surface area (Å²) in [5.41, 5.74) is -0.414. The van der Waals surface area contributed by atoms with Crippen LogP contribution in [-0.4, -0.2) is 18.5 Å². The van der Waals surface area contributed by atoms with Crippen molar-refractivity contribution in [1.29, 1.82) is 0 Å². The summed E-state index contributed by atoms with van der Waals surface area (Å²) in [4.78, 5) is 12.3. The molecule has 1 saturated heterocycles. The van der Waals surface area contributed by atoms with Crippen LogP contribution in [0.2, 0.25) is 0 Å². The van der Waals surface area contributed by atoms with Gasteiger partial charge in [0.1, 0.15) is 0 Å². The lowest BCUT2D eigenvalue weighted by Gasteiger charge is -2.38. The summed E-state index contributed by atoms with van der Waals surface area (Å²) in [5, 5.41) is 5.92. The van der Waals surface area contributed by atoms with Gasteiger partial charge < -0.3 is 10.6 Å². The van der Waals surface area contributed by atoms with Gasteiger partial charge in [0.25, 0.3) is 0 Å². The highest BCUT2D eigenvalue weighted by atomic mass is 19.4. The van der Waals surface area contributed by atoms with Crippen LogP contribution in [0.1, 0.15) is 37.8 Å². The molecule has 0 aromatic heterocycles. The fourth-order valence-electron chi connectivity index (χ4n) is 2.81. The second-order valence-corrected chi connectivity index (χ2v) is 6.40. The summed E-state index contributed by atoms with van der Waals surface area (Å²) in [6, 6.07) is 4.71. The monoisotopic (exact) mass is 314 g/mol. The van der Waals surface area contributed by atoms with E-state index in [9.17, 15) is 18.0 Å². The quantitative estimate of drug-likeness (QED) is 0.900. The third kappa shape index (κ3) is 4.00. The van der Waals surface area contributed by atoms with Crippen LogP contribution in [0.5, 0.6) is 0 Å². The number of carbonyl (C=O) groups excluding carboxylic acids is 1. The second kappa shape index (κ2) is 6.28. The first-order valence-corrected chi connectivity index (χ1v) is 7.37. The summed E-state index contributed by atoms with van der Waals surface area (Å²) in [7, 11) is 0. The maximum Gasteiger partial charge on any atom is 0.416 e. The number of hydrogen-bond acceptors (Lipinski definition) is 2. The first kappa shape index (κ1) is 16.8. The van der Waals surface area contributed by atoms with Crippen molar-refractivity contribution in [1.82, 2.24) is 10.6 Å². The number of rotatable bonds is 3. The summed E-state index contributed by atoms with van der Waals surface area (Å²) >= 11 is 0. The Balaban J connectivity index is 1.99. The van der Waals surface area contributed by atoms with Crippen LogP contribution in [0, 0.1) is 5.41 Å². The van der Waals surface area contributed by atoms with Crippen LogP contribution < -0.4 is 10.6 Å². The molecule has 1 aromatic rings. The highest BCUT2D eigenvalue weighted by Crippen LogP contribution is 2.31. The summed E-state index contributed by atoms with van der Waals surface area (Å²) in [6.45, 7) is 4.92. The van der Waals surface area contributed by atoms with E-state index in [1.807, 2.05) is 13.8 Å². The van der Waals surface area contributed by atoms with Crippen molar-refractivity contribution >= 4 is 5.91 Å². The average molecular weight is 314 g/mol. The van der Waals surface area contributed by atoms with Gasteiger partial charge in [-0.3, -0.25) is 4.79 Å². The fourth-order valence-corrected chi connectivity index (χ4v) is 2.81. The third-order valence-electron chi connectivity index (χ3n) is 4.11. The molecule has 1 atom stereocenters. The Labute approximate surface area is 128 Å². The van der Waals surface area contributed by atoms with Crippen molar-refractivity contribution in [2.24, 2.45) is 5.41 Å². The molecule has 3 nitrogen and oxygen atoms in total. The van der Waals surface area contributed by atoms with Crippen LogP contribution in [0.25, 0.3) is 0 Å². The van der Waals surface area contributed by atoms with Crippen LogP contribution in [-0.2, 0) is 17.5 Å². The van der Waals surface area contributed by atoms with Gasteiger partial charge in [-0.15, -0.1) is 0 Å². The second-order valence-electron chi connectivity index (χ2n) is 6.40. The highest BCUT2D eigenvalue weighted by Gasteiger charge is 2.37. The Morgan fingerprint density at radius 2 is 2.14 bits per heavy atom. The molecule has 1 aromatic carbocycles. The number of carbonyl (C=O) groups is 1. The zero-order valence-corrected chi connectivity index (χ0v) is 12.8. The number of piperidine rings is 1. The molecule has 1 heterocycles. The highest BCUT2D eigenvalue weighted by molar-refractivity contribution is 5.82. The first-order valence-electron chi connectivity index (χ1n) is 7.37. The van der Waals surface area contributed by atoms with Gasteiger partial charge in [-0.2, -0.15) is 13.2 Å². The van der Waals surface area contributed by atoms with Crippen molar-refractivity contribution in [3.05, 3.63) is 35.4 Å². The molecule has 0 aliphatic carbocycles. The molecule has 22 heavy (non-hydrogen) atoms. The molecule has 122 valence electrons. The minimum atomic E-state index is -4.37. The molecular weight excluding hydrogens is 293 g/mol. The van der Waals surface area contributed by atoms with Crippen molar-refractivity contribution in [2.75, 3.05) is 6.54 Å². The van der Waals surface area contributed by atoms with Gasteiger partial charge in [-0.05, 0) is 42.5 Å². The van der Waals surface area contributed by atoms with Crippen LogP contribution in [0.3, 0.4) is 0 Å². The zero-order valence-electron chi connectivity index (χ0n) is 12.8. The summed E-state index contributed by atoms with van der Waals surface area (Å²) < 4.78 is 38.0. The number of nitrogens with one attached hydrogen (secondary N) is 2. The van der Waals surface area contributed by atoms with E-state index in [-0.39, 0.29) is 23.9 Å². The summed E-state index contributed by atoms with van der Waals surface area (Å²) in [6.07, 6.45) is -2.40. The predicted molar refractivity (Wildman–Crippen MR) is 78.1 cm³/mol. The van der Waals surface area contributed by atoms with Crippen molar-refractivity contribution < 1.29 is 18.0 Å². The molecule has 2 rings (SSSR count). The molecule has 1 amide bonds. The smallest absolute Gasteiger partial charge is 0.351 e. The first-order chi connectivity index (χ1) is 10.2. The number of alkyl halides is 3. The van der Waals surface area contributed by atoms with Gasteiger partial charge in [0.2, 0.25) is 5.91 Å². The van der Waals surface area contributed by atoms with E-state index in [1.54, 1.807) is 6.07 Å². The number of halogens is 3. The number of amides is 1. The minimum Gasteiger partial charge on any atom is -0.351 e. The van der Waals surface area contributed by atoms with Gasteiger partial charge in [-0.25, -0.2) is 0 Å². The van der Waals surface area contributed by atoms with E-state index in [2.05, 4.69) is 10.6 Å². The van der Waals surface area contributed by atoms with Crippen molar-refractivity contribution in [3.63, 3.8) is 0 Å². The summed E-state index contributed by atoms with van der Waals surface area (Å²) in [5.74, 6) is -0.165. The Bertz CT molecular complexity index is 540. The van der Waals surface area contributed by atoms with E-state index in [1.165, 1.54) is 6.07 Å². The van der Waals surface area contributed by atoms with E-state index in [0.29, 0.717) is 5.56 Å².